The molecule has 1 aliphatic heterocycles. The van der Waals surface area contributed by atoms with E-state index in [0.29, 0.717) is 19.3 Å². The van der Waals surface area contributed by atoms with E-state index in [1.54, 1.807) is 0 Å². The van der Waals surface area contributed by atoms with Crippen molar-refractivity contribution in [1.82, 2.24) is 0 Å². The van der Waals surface area contributed by atoms with E-state index in [2.05, 4.69) is 81.5 Å². The molecule has 0 amide bonds. The average molecular weight is 945 g/mol. The van der Waals surface area contributed by atoms with Crippen molar-refractivity contribution < 1.29 is 58.2 Å². The summed E-state index contributed by atoms with van der Waals surface area (Å²) < 4.78 is 28.2. The fraction of sp³-hybridized carbons (Fsp3) is 0.745. The molecule has 0 aromatic carbocycles. The molecule has 1 saturated heterocycles. The van der Waals surface area contributed by atoms with Crippen molar-refractivity contribution in [2.24, 2.45) is 0 Å². The highest BCUT2D eigenvalue weighted by molar-refractivity contribution is 5.74. The molecule has 1 rings (SSSR count). The fourth-order valence-electron chi connectivity index (χ4n) is 7.51. The summed E-state index contributed by atoms with van der Waals surface area (Å²) in [4.78, 5) is 50.8. The zero-order valence-electron chi connectivity index (χ0n) is 41.9. The molecule has 6 unspecified atom stereocenters. The van der Waals surface area contributed by atoms with Gasteiger partial charge in [0.2, 0.25) is 0 Å². The van der Waals surface area contributed by atoms with Gasteiger partial charge in [0.05, 0.1) is 6.61 Å². The number of carboxylic acids is 1. The van der Waals surface area contributed by atoms with Crippen LogP contribution in [0.1, 0.15) is 213 Å². The summed E-state index contributed by atoms with van der Waals surface area (Å²) in [6, 6.07) is 0. The van der Waals surface area contributed by atoms with Gasteiger partial charge in [-0.05, 0) is 77.0 Å². The summed E-state index contributed by atoms with van der Waals surface area (Å²) in [7, 11) is 0. The molecule has 0 spiro atoms. The van der Waals surface area contributed by atoms with Crippen LogP contribution in [0.25, 0.3) is 0 Å². The topological polar surface area (TPSA) is 175 Å². The van der Waals surface area contributed by atoms with Gasteiger partial charge in [-0.15, -0.1) is 0 Å². The molecule has 0 aromatic heterocycles. The Bertz CT molecular complexity index is 1400. The fourth-order valence-corrected chi connectivity index (χ4v) is 7.51. The van der Waals surface area contributed by atoms with Crippen LogP contribution in [-0.4, -0.2) is 89.2 Å². The summed E-state index contributed by atoms with van der Waals surface area (Å²) in [6.07, 6.45) is 39.3. The lowest BCUT2D eigenvalue weighted by atomic mass is 9.98. The van der Waals surface area contributed by atoms with E-state index in [1.807, 2.05) is 0 Å². The number of esters is 3. The van der Waals surface area contributed by atoms with E-state index in [4.69, 9.17) is 23.7 Å². The smallest absolute Gasteiger partial charge is 0.335 e. The van der Waals surface area contributed by atoms with Crippen LogP contribution in [-0.2, 0) is 42.9 Å². The second-order valence-corrected chi connectivity index (χ2v) is 17.8. The first kappa shape index (κ1) is 61.4. The number of hydrogen-bond donors (Lipinski definition) is 3. The maximum Gasteiger partial charge on any atom is 0.335 e. The number of carboxylic acid groups (broad SMARTS) is 1. The van der Waals surface area contributed by atoms with Crippen molar-refractivity contribution in [2.75, 3.05) is 13.2 Å². The summed E-state index contributed by atoms with van der Waals surface area (Å²) in [6.45, 7) is 5.75. The molecule has 1 aliphatic rings. The minimum absolute atomic E-state index is 0.0567. The SMILES string of the molecule is CC/C=C\C/C=C\C/C=C\C/C=C\CCCCC(=O)OCC(COC1OC(C(=O)O)C(O)C(O)C1OC(=O)CCCCCCCCCCCCC)OC(=O)CCCCCCC/C=C\CCCC. The number of ether oxygens (including phenoxy) is 5. The lowest BCUT2D eigenvalue weighted by Crippen LogP contribution is -2.61. The third-order valence-corrected chi connectivity index (χ3v) is 11.6. The normalized spacial score (nSPS) is 19.3. The zero-order valence-corrected chi connectivity index (χ0v) is 41.9. The number of carbonyl (C=O) groups is 4. The van der Waals surface area contributed by atoms with Crippen molar-refractivity contribution in [2.45, 2.75) is 250 Å². The quantitative estimate of drug-likeness (QED) is 0.0229. The Hall–Kier alpha value is -3.58. The molecular weight excluding hydrogens is 853 g/mol. The van der Waals surface area contributed by atoms with Crippen molar-refractivity contribution in [1.29, 1.82) is 0 Å². The molecule has 12 heteroatoms. The minimum atomic E-state index is -1.91. The molecule has 12 nitrogen and oxygen atoms in total. The third kappa shape index (κ3) is 34.4. The first-order valence-corrected chi connectivity index (χ1v) is 26.3. The molecule has 67 heavy (non-hydrogen) atoms. The Balaban J connectivity index is 2.76. The van der Waals surface area contributed by atoms with Crippen LogP contribution < -0.4 is 0 Å². The maximum absolute atomic E-state index is 13.0. The molecule has 384 valence electrons. The molecule has 0 radical (unpaired) electrons. The molecule has 1 heterocycles. The predicted molar refractivity (Wildman–Crippen MR) is 266 cm³/mol. The highest BCUT2D eigenvalue weighted by atomic mass is 16.7. The van der Waals surface area contributed by atoms with Crippen LogP contribution in [0.3, 0.4) is 0 Å². The molecule has 1 fully saturated rings. The lowest BCUT2D eigenvalue weighted by Gasteiger charge is -2.40. The summed E-state index contributed by atoms with van der Waals surface area (Å²) >= 11 is 0. The van der Waals surface area contributed by atoms with Gasteiger partial charge in [0.15, 0.2) is 24.6 Å². The number of carbonyl (C=O) groups excluding carboxylic acids is 3. The van der Waals surface area contributed by atoms with Crippen LogP contribution in [0.4, 0.5) is 0 Å². The van der Waals surface area contributed by atoms with Crippen LogP contribution in [0.5, 0.6) is 0 Å². The van der Waals surface area contributed by atoms with E-state index in [0.717, 1.165) is 103 Å². The Morgan fingerprint density at radius 2 is 0.955 bits per heavy atom. The van der Waals surface area contributed by atoms with Crippen LogP contribution in [0, 0.1) is 0 Å². The Morgan fingerprint density at radius 1 is 0.507 bits per heavy atom. The maximum atomic E-state index is 13.0. The van der Waals surface area contributed by atoms with Crippen molar-refractivity contribution in [3.05, 3.63) is 60.8 Å². The molecule has 0 aliphatic carbocycles. The summed E-state index contributed by atoms with van der Waals surface area (Å²) in [5.41, 5.74) is 0. The van der Waals surface area contributed by atoms with E-state index in [1.165, 1.54) is 51.4 Å². The van der Waals surface area contributed by atoms with Gasteiger partial charge in [-0.3, -0.25) is 14.4 Å². The van der Waals surface area contributed by atoms with Crippen LogP contribution in [0.15, 0.2) is 60.8 Å². The van der Waals surface area contributed by atoms with Gasteiger partial charge < -0.3 is 39.0 Å². The summed E-state index contributed by atoms with van der Waals surface area (Å²) in [5, 5.41) is 31.3. The minimum Gasteiger partial charge on any atom is -0.479 e. The number of allylic oxidation sites excluding steroid dienone is 10. The van der Waals surface area contributed by atoms with Gasteiger partial charge in [0.1, 0.15) is 18.8 Å². The molecular formula is C55H92O12. The number of unbranched alkanes of at least 4 members (excludes halogenated alkanes) is 19. The standard InChI is InChI=1S/C55H92O12/c1-4-7-10-13-16-19-22-23-24-25-28-29-32-35-38-41-47(56)63-44-46(65-48(57)42-39-36-33-30-26-20-17-14-11-8-5-2)45-64-55-53(51(60)50(59)52(67-55)54(61)62)66-49(58)43-40-37-34-31-27-21-18-15-12-9-6-3/h7,10,14,16-17,19,23-24,28-29,46,50-53,55,59-60H,4-6,8-9,11-13,15,18,20-22,25-27,30-45H2,1-3H3,(H,61,62)/b10-7-,17-14-,19-16-,24-23-,29-28-. The number of aliphatic hydroxyl groups is 2. The molecule has 0 aromatic rings. The van der Waals surface area contributed by atoms with Gasteiger partial charge in [0.25, 0.3) is 0 Å². The number of rotatable bonds is 43. The average Bonchev–Trinajstić information content (AvgIpc) is 3.31. The van der Waals surface area contributed by atoms with Gasteiger partial charge in [-0.1, -0.05) is 178 Å². The Labute approximate surface area is 405 Å². The Morgan fingerprint density at radius 3 is 1.52 bits per heavy atom. The third-order valence-electron chi connectivity index (χ3n) is 11.6. The lowest BCUT2D eigenvalue weighted by molar-refractivity contribution is -0.301. The highest BCUT2D eigenvalue weighted by Crippen LogP contribution is 2.26. The van der Waals surface area contributed by atoms with Gasteiger partial charge in [-0.25, -0.2) is 4.79 Å². The van der Waals surface area contributed by atoms with Gasteiger partial charge in [0, 0.05) is 19.3 Å². The molecule has 0 saturated carbocycles. The van der Waals surface area contributed by atoms with E-state index < -0.39 is 67.3 Å². The van der Waals surface area contributed by atoms with Gasteiger partial charge in [-0.2, -0.15) is 0 Å². The number of aliphatic carboxylic acids is 1. The Kier molecular flexibility index (Phi) is 40.1. The van der Waals surface area contributed by atoms with Crippen LogP contribution in [0.2, 0.25) is 0 Å². The highest BCUT2D eigenvalue weighted by Gasteiger charge is 2.50. The van der Waals surface area contributed by atoms with Crippen molar-refractivity contribution >= 4 is 23.9 Å². The van der Waals surface area contributed by atoms with E-state index in [-0.39, 0.29) is 25.9 Å². The monoisotopic (exact) mass is 945 g/mol. The summed E-state index contributed by atoms with van der Waals surface area (Å²) in [5.74, 6) is -3.19. The van der Waals surface area contributed by atoms with Gasteiger partial charge >= 0.3 is 23.9 Å². The first-order chi connectivity index (χ1) is 32.6. The molecule has 0 bridgehead atoms. The zero-order chi connectivity index (χ0) is 49.0. The largest absolute Gasteiger partial charge is 0.479 e. The first-order valence-electron chi connectivity index (χ1n) is 26.3. The van der Waals surface area contributed by atoms with E-state index >= 15 is 0 Å². The predicted octanol–water partition coefficient (Wildman–Crippen LogP) is 12.4. The molecule has 3 N–H and O–H groups in total. The van der Waals surface area contributed by atoms with Crippen molar-refractivity contribution in [3.8, 4) is 0 Å². The molecule has 6 atom stereocenters. The number of aliphatic hydroxyl groups excluding tert-OH is 2. The van der Waals surface area contributed by atoms with Crippen LogP contribution >= 0.6 is 0 Å². The second kappa shape index (κ2) is 43.7. The van der Waals surface area contributed by atoms with Crippen molar-refractivity contribution in [3.63, 3.8) is 0 Å². The number of hydrogen-bond acceptors (Lipinski definition) is 11. The second-order valence-electron chi connectivity index (χ2n) is 17.8. The van der Waals surface area contributed by atoms with E-state index in [9.17, 15) is 34.5 Å².